The minimum absolute atomic E-state index is 0.0147. The Labute approximate surface area is 155 Å². The first-order valence-electron chi connectivity index (χ1n) is 8.69. The van der Waals surface area contributed by atoms with Crippen LogP contribution in [0.1, 0.15) is 44.0 Å². The molecule has 2 heterocycles. The Hall–Kier alpha value is -2.09. The number of hydrogen-bond donors (Lipinski definition) is 1. The molecule has 0 aromatic carbocycles. The van der Waals surface area contributed by atoms with Gasteiger partial charge in [0.15, 0.2) is 10.8 Å². The number of halogens is 2. The summed E-state index contributed by atoms with van der Waals surface area (Å²) in [5.74, 6) is -1.40. The van der Waals surface area contributed by atoms with E-state index in [1.807, 2.05) is 19.2 Å². The number of anilines is 1. The van der Waals surface area contributed by atoms with Crippen LogP contribution in [0.3, 0.4) is 0 Å². The van der Waals surface area contributed by atoms with E-state index in [0.29, 0.717) is 36.8 Å². The van der Waals surface area contributed by atoms with Gasteiger partial charge in [0.05, 0.1) is 18.6 Å². The molecule has 1 N–H and O–H groups in total. The van der Waals surface area contributed by atoms with Gasteiger partial charge in [-0.2, -0.15) is 0 Å². The van der Waals surface area contributed by atoms with Crippen LogP contribution < -0.4 is 5.32 Å². The van der Waals surface area contributed by atoms with Crippen molar-refractivity contribution in [2.75, 3.05) is 11.9 Å². The summed E-state index contributed by atoms with van der Waals surface area (Å²) >= 11 is 1.48. The molecule has 0 amide bonds. The highest BCUT2D eigenvalue weighted by Gasteiger charge is 2.35. The zero-order chi connectivity index (χ0) is 18.6. The number of nitrogens with zero attached hydrogens (tertiary/aromatic N) is 3. The highest BCUT2D eigenvalue weighted by molar-refractivity contribution is 7.13. The summed E-state index contributed by atoms with van der Waals surface area (Å²) in [6.07, 6.45) is 4.01. The maximum atomic E-state index is 13.4. The number of rotatable bonds is 6. The molecule has 8 heteroatoms. The van der Waals surface area contributed by atoms with Gasteiger partial charge < -0.3 is 10.1 Å². The second-order valence-electron chi connectivity index (χ2n) is 6.33. The first-order valence-corrected chi connectivity index (χ1v) is 9.57. The molecule has 5 nitrogen and oxygen atoms in total. The van der Waals surface area contributed by atoms with Crippen molar-refractivity contribution >= 4 is 23.2 Å². The molecule has 1 saturated carbocycles. The van der Waals surface area contributed by atoms with E-state index >= 15 is 0 Å². The van der Waals surface area contributed by atoms with E-state index in [1.54, 1.807) is 18.4 Å². The average Bonchev–Trinajstić information content (AvgIpc) is 3.04. The van der Waals surface area contributed by atoms with E-state index < -0.39 is 5.92 Å². The maximum absolute atomic E-state index is 13.4. The molecule has 0 saturated heterocycles. The van der Waals surface area contributed by atoms with Crippen molar-refractivity contribution in [2.45, 2.75) is 51.5 Å². The van der Waals surface area contributed by atoms with Crippen LogP contribution in [0.5, 0.6) is 0 Å². The Balaban J connectivity index is 1.82. The van der Waals surface area contributed by atoms with Crippen LogP contribution in [-0.4, -0.2) is 33.5 Å². The van der Waals surface area contributed by atoms with E-state index in [-0.39, 0.29) is 18.9 Å². The lowest BCUT2D eigenvalue weighted by molar-refractivity contribution is -0.0361. The molecule has 0 aliphatic heterocycles. The van der Waals surface area contributed by atoms with Crippen molar-refractivity contribution in [1.29, 1.82) is 0 Å². The molecule has 0 atom stereocenters. The van der Waals surface area contributed by atoms with Crippen molar-refractivity contribution in [3.63, 3.8) is 0 Å². The number of ether oxygens (including phenoxy) is 1. The number of alkyl halides is 2. The van der Waals surface area contributed by atoms with Gasteiger partial charge in [0.25, 0.3) is 0 Å². The van der Waals surface area contributed by atoms with Crippen LogP contribution in [-0.2, 0) is 4.74 Å². The molecule has 1 aliphatic rings. The summed E-state index contributed by atoms with van der Waals surface area (Å²) in [4.78, 5) is 13.5. The van der Waals surface area contributed by atoms with Crippen LogP contribution in [0, 0.1) is 6.92 Å². The highest BCUT2D eigenvalue weighted by atomic mass is 32.1. The Morgan fingerprint density at radius 1 is 1.31 bits per heavy atom. The number of hydrogen-bond acceptors (Lipinski definition) is 6. The Bertz CT molecular complexity index is 768. The molecule has 1 aliphatic carbocycles. The lowest BCUT2D eigenvalue weighted by Gasteiger charge is -2.29. The van der Waals surface area contributed by atoms with Gasteiger partial charge >= 0.3 is 0 Å². The Morgan fingerprint density at radius 3 is 2.73 bits per heavy atom. The van der Waals surface area contributed by atoms with Gasteiger partial charge in [-0.05, 0) is 32.8 Å². The third-order valence-electron chi connectivity index (χ3n) is 4.13. The van der Waals surface area contributed by atoms with Crippen LogP contribution in [0.4, 0.5) is 14.6 Å². The van der Waals surface area contributed by atoms with Crippen molar-refractivity contribution < 1.29 is 13.5 Å². The first kappa shape index (κ1) is 18.7. The van der Waals surface area contributed by atoms with Gasteiger partial charge in [0, 0.05) is 36.0 Å². The molecule has 0 unspecified atom stereocenters. The molecule has 2 aromatic heterocycles. The van der Waals surface area contributed by atoms with E-state index in [0.717, 1.165) is 10.7 Å². The summed E-state index contributed by atoms with van der Waals surface area (Å²) < 4.78 is 32.0. The van der Waals surface area contributed by atoms with E-state index in [1.165, 1.54) is 11.3 Å². The maximum Gasteiger partial charge on any atom is 0.248 e. The van der Waals surface area contributed by atoms with Crippen LogP contribution in [0.2, 0.25) is 0 Å². The van der Waals surface area contributed by atoms with Crippen molar-refractivity contribution in [3.8, 4) is 10.8 Å². The third kappa shape index (κ3) is 4.97. The lowest BCUT2D eigenvalue weighted by Crippen LogP contribution is -2.32. The topological polar surface area (TPSA) is 59.9 Å². The van der Waals surface area contributed by atoms with E-state index in [2.05, 4.69) is 20.3 Å². The zero-order valence-electron chi connectivity index (χ0n) is 14.8. The smallest absolute Gasteiger partial charge is 0.248 e. The minimum Gasteiger partial charge on any atom is -0.501 e. The average molecular weight is 380 g/mol. The summed E-state index contributed by atoms with van der Waals surface area (Å²) in [5, 5.41) is 5.96. The number of aryl methyl sites for hydroxylation is 1. The quantitative estimate of drug-likeness (QED) is 0.722. The molecule has 1 fully saturated rings. The van der Waals surface area contributed by atoms with Gasteiger partial charge in [-0.3, -0.25) is 0 Å². The van der Waals surface area contributed by atoms with Crippen LogP contribution in [0.25, 0.3) is 16.9 Å². The standard InChI is InChI=1S/C18H22F2N4OS/c1-3-25-9-6-14-10-15(22-13-4-7-18(19,20)8-5-13)24-16(23-14)17-21-12(2)11-26-17/h6,9-11,13H,3-5,7-8H2,1-2H3,(H,22,23,24). The Kier molecular flexibility index (Phi) is 5.80. The first-order chi connectivity index (χ1) is 12.4. The summed E-state index contributed by atoms with van der Waals surface area (Å²) in [6, 6.07) is 1.78. The number of nitrogens with one attached hydrogen (secondary N) is 1. The molecular formula is C18H22F2N4OS. The normalized spacial score (nSPS) is 17.5. The predicted molar refractivity (Wildman–Crippen MR) is 99.4 cm³/mol. The predicted octanol–water partition coefficient (Wildman–Crippen LogP) is 4.91. The van der Waals surface area contributed by atoms with Crippen LogP contribution >= 0.6 is 11.3 Å². The van der Waals surface area contributed by atoms with Gasteiger partial charge in [-0.25, -0.2) is 23.7 Å². The monoisotopic (exact) mass is 380 g/mol. The van der Waals surface area contributed by atoms with Gasteiger partial charge in [-0.1, -0.05) is 0 Å². The molecule has 0 spiro atoms. The second-order valence-corrected chi connectivity index (χ2v) is 7.19. The molecule has 140 valence electrons. The molecule has 3 rings (SSSR count). The second kappa shape index (κ2) is 8.07. The summed E-state index contributed by atoms with van der Waals surface area (Å²) in [5.41, 5.74) is 1.59. The van der Waals surface area contributed by atoms with E-state index in [4.69, 9.17) is 4.74 Å². The van der Waals surface area contributed by atoms with Crippen molar-refractivity contribution in [3.05, 3.63) is 29.1 Å². The Morgan fingerprint density at radius 2 is 2.08 bits per heavy atom. The minimum atomic E-state index is -2.54. The number of thiazole rings is 1. The van der Waals surface area contributed by atoms with E-state index in [9.17, 15) is 8.78 Å². The largest absolute Gasteiger partial charge is 0.501 e. The van der Waals surface area contributed by atoms with Crippen LogP contribution in [0.15, 0.2) is 17.7 Å². The van der Waals surface area contributed by atoms with Gasteiger partial charge in [-0.15, -0.1) is 11.3 Å². The summed E-state index contributed by atoms with van der Waals surface area (Å²) in [6.45, 7) is 4.39. The molecule has 26 heavy (non-hydrogen) atoms. The van der Waals surface area contributed by atoms with Gasteiger partial charge in [0.2, 0.25) is 5.92 Å². The zero-order valence-corrected chi connectivity index (χ0v) is 15.7. The van der Waals surface area contributed by atoms with Crippen molar-refractivity contribution in [2.24, 2.45) is 0 Å². The fourth-order valence-electron chi connectivity index (χ4n) is 2.79. The summed E-state index contributed by atoms with van der Waals surface area (Å²) in [7, 11) is 0. The van der Waals surface area contributed by atoms with Gasteiger partial charge in [0.1, 0.15) is 5.82 Å². The number of aromatic nitrogens is 3. The molecule has 0 bridgehead atoms. The third-order valence-corrected chi connectivity index (χ3v) is 5.08. The van der Waals surface area contributed by atoms with Crippen molar-refractivity contribution in [1.82, 2.24) is 15.0 Å². The fourth-order valence-corrected chi connectivity index (χ4v) is 3.51. The molecule has 2 aromatic rings. The molecular weight excluding hydrogens is 358 g/mol. The lowest BCUT2D eigenvalue weighted by atomic mass is 9.92. The molecule has 0 radical (unpaired) electrons. The SMILES string of the molecule is CCOC=Cc1cc(NC2CCC(F)(F)CC2)nc(-c2nc(C)cs2)n1. The highest BCUT2D eigenvalue weighted by Crippen LogP contribution is 2.34. The fraction of sp³-hybridized carbons (Fsp3) is 0.500.